The number of benzene rings is 1. The molecule has 0 amide bonds. The zero-order valence-electron chi connectivity index (χ0n) is 6.83. The van der Waals surface area contributed by atoms with Crippen LogP contribution >= 0.6 is 11.6 Å². The first-order valence-corrected chi connectivity index (χ1v) is 4.34. The van der Waals surface area contributed by atoms with Gasteiger partial charge in [-0.2, -0.15) is 0 Å². The van der Waals surface area contributed by atoms with Gasteiger partial charge in [-0.1, -0.05) is 22.8 Å². The van der Waals surface area contributed by atoms with Gasteiger partial charge in [0.25, 0.3) is 0 Å². The van der Waals surface area contributed by atoms with E-state index in [-0.39, 0.29) is 6.61 Å². The van der Waals surface area contributed by atoms with Gasteiger partial charge in [-0.3, -0.25) is 0 Å². The Bertz CT molecular complexity index is 424. The highest BCUT2D eigenvalue weighted by Gasteiger charge is 2.09. The summed E-state index contributed by atoms with van der Waals surface area (Å²) in [6, 6.07) is 5.46. The van der Waals surface area contributed by atoms with Crippen LogP contribution in [0.4, 0.5) is 0 Å². The number of aromatic nitrogens is 1. The molecule has 13 heavy (non-hydrogen) atoms. The van der Waals surface area contributed by atoms with Gasteiger partial charge in [-0.05, 0) is 12.1 Å². The number of rotatable bonds is 2. The lowest BCUT2D eigenvalue weighted by molar-refractivity contribution is 0.295. The summed E-state index contributed by atoms with van der Waals surface area (Å²) in [5.74, 6) is 0. The largest absolute Gasteiger partial charge is 0.396 e. The van der Waals surface area contributed by atoms with Crippen molar-refractivity contribution in [1.82, 2.24) is 5.16 Å². The van der Waals surface area contributed by atoms with Crippen LogP contribution in [0.2, 0.25) is 5.02 Å². The van der Waals surface area contributed by atoms with Gasteiger partial charge in [0.1, 0.15) is 0 Å². The standard InChI is InChI=1S/C9H8ClNO2/c10-7-3-1-2-6-8(4-5-12)11-13-9(6)7/h1-3,12H,4-5H2. The van der Waals surface area contributed by atoms with E-state index in [9.17, 15) is 0 Å². The molecule has 4 heteroatoms. The van der Waals surface area contributed by atoms with Crippen LogP contribution in [-0.4, -0.2) is 16.9 Å². The molecular weight excluding hydrogens is 190 g/mol. The van der Waals surface area contributed by atoms with Crippen molar-refractivity contribution in [3.63, 3.8) is 0 Å². The summed E-state index contributed by atoms with van der Waals surface area (Å²) >= 11 is 5.87. The third-order valence-corrected chi connectivity index (χ3v) is 2.17. The smallest absolute Gasteiger partial charge is 0.185 e. The summed E-state index contributed by atoms with van der Waals surface area (Å²) in [6.07, 6.45) is 0.493. The van der Waals surface area contributed by atoms with E-state index in [0.29, 0.717) is 17.0 Å². The molecule has 1 N–H and O–H groups in total. The molecule has 0 fully saturated rings. The summed E-state index contributed by atoms with van der Waals surface area (Å²) in [5, 5.41) is 14.0. The number of aliphatic hydroxyl groups is 1. The molecule has 1 aromatic heterocycles. The van der Waals surface area contributed by atoms with E-state index < -0.39 is 0 Å². The van der Waals surface area contributed by atoms with Gasteiger partial charge in [0.2, 0.25) is 0 Å². The van der Waals surface area contributed by atoms with Crippen molar-refractivity contribution in [3.8, 4) is 0 Å². The molecule has 68 valence electrons. The van der Waals surface area contributed by atoms with E-state index in [1.807, 2.05) is 12.1 Å². The van der Waals surface area contributed by atoms with Gasteiger partial charge in [-0.25, -0.2) is 0 Å². The molecule has 0 spiro atoms. The molecule has 3 nitrogen and oxygen atoms in total. The molecule has 0 aliphatic rings. The van der Waals surface area contributed by atoms with Crippen LogP contribution in [-0.2, 0) is 6.42 Å². The normalized spacial score (nSPS) is 10.9. The van der Waals surface area contributed by atoms with Crippen LogP contribution in [0, 0.1) is 0 Å². The average Bonchev–Trinajstić information content (AvgIpc) is 2.51. The second kappa shape index (κ2) is 3.36. The van der Waals surface area contributed by atoms with Crippen LogP contribution in [0.15, 0.2) is 22.7 Å². The van der Waals surface area contributed by atoms with E-state index in [1.54, 1.807) is 6.07 Å². The third-order valence-electron chi connectivity index (χ3n) is 1.87. The Balaban J connectivity index is 2.61. The molecule has 0 aliphatic heterocycles. The number of fused-ring (bicyclic) bond motifs is 1. The number of aliphatic hydroxyl groups excluding tert-OH is 1. The van der Waals surface area contributed by atoms with Gasteiger partial charge in [0, 0.05) is 18.4 Å². The van der Waals surface area contributed by atoms with Gasteiger partial charge in [0.05, 0.1) is 10.7 Å². The molecule has 1 aromatic carbocycles. The Hall–Kier alpha value is -1.06. The molecule has 0 saturated heterocycles. The summed E-state index contributed by atoms with van der Waals surface area (Å²) in [5.41, 5.74) is 1.34. The maximum atomic E-state index is 8.75. The fourth-order valence-corrected chi connectivity index (χ4v) is 1.47. The topological polar surface area (TPSA) is 46.3 Å². The summed E-state index contributed by atoms with van der Waals surface area (Å²) < 4.78 is 5.04. The number of para-hydroxylation sites is 1. The summed E-state index contributed by atoms with van der Waals surface area (Å²) in [6.45, 7) is 0.0636. The molecule has 0 atom stereocenters. The molecule has 0 saturated carbocycles. The molecule has 2 rings (SSSR count). The van der Waals surface area contributed by atoms with E-state index in [0.717, 1.165) is 11.1 Å². The highest BCUT2D eigenvalue weighted by molar-refractivity contribution is 6.34. The zero-order chi connectivity index (χ0) is 9.26. The highest BCUT2D eigenvalue weighted by Crippen LogP contribution is 2.25. The van der Waals surface area contributed by atoms with Crippen LogP contribution in [0.5, 0.6) is 0 Å². The van der Waals surface area contributed by atoms with E-state index in [2.05, 4.69) is 5.16 Å². The number of halogens is 1. The fourth-order valence-electron chi connectivity index (χ4n) is 1.26. The maximum absolute atomic E-state index is 8.75. The van der Waals surface area contributed by atoms with Crippen molar-refractivity contribution >= 4 is 22.6 Å². The molecule has 1 heterocycles. The zero-order valence-corrected chi connectivity index (χ0v) is 7.58. The summed E-state index contributed by atoms with van der Waals surface area (Å²) in [4.78, 5) is 0. The van der Waals surface area contributed by atoms with Crippen molar-refractivity contribution in [2.75, 3.05) is 6.61 Å². The predicted octanol–water partition coefficient (Wildman–Crippen LogP) is 2.02. The summed E-state index contributed by atoms with van der Waals surface area (Å²) in [7, 11) is 0. The minimum atomic E-state index is 0.0636. The molecule has 0 unspecified atom stereocenters. The molecule has 2 aromatic rings. The molecule has 0 aliphatic carbocycles. The van der Waals surface area contributed by atoms with E-state index in [4.69, 9.17) is 21.2 Å². The van der Waals surface area contributed by atoms with Crippen LogP contribution in [0.1, 0.15) is 5.69 Å². The van der Waals surface area contributed by atoms with Gasteiger partial charge in [-0.15, -0.1) is 0 Å². The first-order chi connectivity index (χ1) is 6.33. The Morgan fingerprint density at radius 2 is 2.31 bits per heavy atom. The Labute approximate surface area is 79.9 Å². The highest BCUT2D eigenvalue weighted by atomic mass is 35.5. The van der Waals surface area contributed by atoms with E-state index in [1.165, 1.54) is 0 Å². The van der Waals surface area contributed by atoms with Gasteiger partial charge in [0.15, 0.2) is 5.58 Å². The monoisotopic (exact) mass is 197 g/mol. The minimum absolute atomic E-state index is 0.0636. The third kappa shape index (κ3) is 1.41. The van der Waals surface area contributed by atoms with Crippen molar-refractivity contribution in [2.45, 2.75) is 6.42 Å². The van der Waals surface area contributed by atoms with Gasteiger partial charge >= 0.3 is 0 Å². The maximum Gasteiger partial charge on any atom is 0.185 e. The lowest BCUT2D eigenvalue weighted by atomic mass is 10.2. The fraction of sp³-hybridized carbons (Fsp3) is 0.222. The second-order valence-corrected chi connectivity index (χ2v) is 3.13. The minimum Gasteiger partial charge on any atom is -0.396 e. The van der Waals surface area contributed by atoms with Crippen LogP contribution in [0.3, 0.4) is 0 Å². The van der Waals surface area contributed by atoms with Crippen LogP contribution in [0.25, 0.3) is 11.0 Å². The van der Waals surface area contributed by atoms with Crippen molar-refractivity contribution in [2.24, 2.45) is 0 Å². The first-order valence-electron chi connectivity index (χ1n) is 3.96. The number of nitrogens with zero attached hydrogens (tertiary/aromatic N) is 1. The van der Waals surface area contributed by atoms with E-state index >= 15 is 0 Å². The average molecular weight is 198 g/mol. The number of hydrogen-bond acceptors (Lipinski definition) is 3. The van der Waals surface area contributed by atoms with Gasteiger partial charge < -0.3 is 9.63 Å². The molecule has 0 radical (unpaired) electrons. The number of hydrogen-bond donors (Lipinski definition) is 1. The lowest BCUT2D eigenvalue weighted by Gasteiger charge is -1.91. The Morgan fingerprint density at radius 1 is 1.46 bits per heavy atom. The predicted molar refractivity (Wildman–Crippen MR) is 49.8 cm³/mol. The molecule has 0 bridgehead atoms. The molecular formula is C9H8ClNO2. The Morgan fingerprint density at radius 3 is 3.08 bits per heavy atom. The second-order valence-electron chi connectivity index (χ2n) is 2.72. The van der Waals surface area contributed by atoms with Crippen LogP contribution < -0.4 is 0 Å². The van der Waals surface area contributed by atoms with Crippen molar-refractivity contribution in [3.05, 3.63) is 28.9 Å². The lowest BCUT2D eigenvalue weighted by Crippen LogP contribution is -1.90. The quantitative estimate of drug-likeness (QED) is 0.801. The van der Waals surface area contributed by atoms with Crippen molar-refractivity contribution < 1.29 is 9.63 Å². The Kier molecular flexibility index (Phi) is 2.20. The SMILES string of the molecule is OCCc1noc2c(Cl)cccc12. The first kappa shape index (κ1) is 8.53. The van der Waals surface area contributed by atoms with Crippen molar-refractivity contribution in [1.29, 1.82) is 0 Å².